The Morgan fingerprint density at radius 2 is 1.82 bits per heavy atom. The zero-order chi connectivity index (χ0) is 13.1. The van der Waals surface area contributed by atoms with Crippen molar-refractivity contribution in [3.63, 3.8) is 0 Å². The summed E-state index contributed by atoms with van der Waals surface area (Å²) in [6, 6.07) is 7.34. The summed E-state index contributed by atoms with van der Waals surface area (Å²) in [5.41, 5.74) is 0.711. The fourth-order valence-electron chi connectivity index (χ4n) is 1.69. The number of Topliss-reactive ketones (excluding diaryl/α,β-unsaturated/α-hetero) is 1. The van der Waals surface area contributed by atoms with E-state index < -0.39 is 5.54 Å². The molecule has 0 spiro atoms. The zero-order valence-corrected chi connectivity index (χ0v) is 10.8. The first-order valence-corrected chi connectivity index (χ1v) is 5.80. The highest BCUT2D eigenvalue weighted by Crippen LogP contribution is 2.11. The van der Waals surface area contributed by atoms with Crippen LogP contribution in [0.5, 0.6) is 0 Å². The molecule has 3 heteroatoms. The first-order chi connectivity index (χ1) is 7.88. The molecule has 0 saturated carbocycles. The van der Waals surface area contributed by atoms with E-state index in [1.165, 1.54) is 0 Å². The van der Waals surface area contributed by atoms with Crippen molar-refractivity contribution in [3.05, 3.63) is 35.4 Å². The Hall–Kier alpha value is -1.64. The van der Waals surface area contributed by atoms with E-state index in [0.717, 1.165) is 5.56 Å². The van der Waals surface area contributed by atoms with Crippen molar-refractivity contribution < 1.29 is 9.59 Å². The summed E-state index contributed by atoms with van der Waals surface area (Å²) in [6.45, 7) is 7.14. The van der Waals surface area contributed by atoms with Crippen molar-refractivity contribution in [2.24, 2.45) is 0 Å². The molecular formula is C14H19NO2. The van der Waals surface area contributed by atoms with Gasteiger partial charge in [0.1, 0.15) is 0 Å². The molecule has 0 fully saturated rings. The van der Waals surface area contributed by atoms with Crippen LogP contribution in [0, 0.1) is 6.92 Å². The van der Waals surface area contributed by atoms with E-state index in [-0.39, 0.29) is 11.7 Å². The van der Waals surface area contributed by atoms with Crippen molar-refractivity contribution in [3.8, 4) is 0 Å². The molecule has 0 saturated heterocycles. The molecule has 3 nitrogen and oxygen atoms in total. The Balaban J connectivity index is 2.87. The van der Waals surface area contributed by atoms with Crippen LogP contribution in [-0.4, -0.2) is 17.2 Å². The number of benzene rings is 1. The number of hydrogen-bond donors (Lipinski definition) is 1. The minimum atomic E-state index is -0.811. The van der Waals surface area contributed by atoms with Gasteiger partial charge in [-0.05, 0) is 32.4 Å². The van der Waals surface area contributed by atoms with E-state index in [4.69, 9.17) is 0 Å². The number of nitrogens with one attached hydrogen (secondary N) is 1. The second-order valence-corrected chi connectivity index (χ2v) is 4.67. The average molecular weight is 233 g/mol. The van der Waals surface area contributed by atoms with Crippen molar-refractivity contribution in [2.45, 2.75) is 39.7 Å². The molecule has 0 unspecified atom stereocenters. The summed E-state index contributed by atoms with van der Waals surface area (Å²) < 4.78 is 0. The molecule has 1 aromatic carbocycles. The first-order valence-electron chi connectivity index (χ1n) is 5.80. The van der Waals surface area contributed by atoms with Gasteiger partial charge in [0.15, 0.2) is 5.78 Å². The standard InChI is InChI=1S/C14H19NO2/c1-5-12(16)14(3,4)15-13(17)11-9-7-6-8-10(11)2/h6-9H,5H2,1-4H3,(H,15,17). The van der Waals surface area contributed by atoms with Crippen molar-refractivity contribution in [1.82, 2.24) is 5.32 Å². The Morgan fingerprint density at radius 3 is 2.35 bits per heavy atom. The van der Waals surface area contributed by atoms with Crippen LogP contribution in [-0.2, 0) is 4.79 Å². The van der Waals surface area contributed by atoms with Gasteiger partial charge >= 0.3 is 0 Å². The van der Waals surface area contributed by atoms with Gasteiger partial charge in [0.05, 0.1) is 5.54 Å². The number of hydrogen-bond acceptors (Lipinski definition) is 2. The van der Waals surface area contributed by atoms with Crippen molar-refractivity contribution in [1.29, 1.82) is 0 Å². The largest absolute Gasteiger partial charge is 0.340 e. The lowest BCUT2D eigenvalue weighted by molar-refractivity contribution is -0.123. The van der Waals surface area contributed by atoms with Crippen LogP contribution in [0.2, 0.25) is 0 Å². The maximum Gasteiger partial charge on any atom is 0.252 e. The highest BCUT2D eigenvalue weighted by atomic mass is 16.2. The van der Waals surface area contributed by atoms with Gasteiger partial charge in [-0.3, -0.25) is 9.59 Å². The lowest BCUT2D eigenvalue weighted by atomic mass is 9.96. The first kappa shape index (κ1) is 13.4. The Bertz CT molecular complexity index is 436. The molecular weight excluding hydrogens is 214 g/mol. The third-order valence-electron chi connectivity index (χ3n) is 2.83. The maximum atomic E-state index is 12.0. The van der Waals surface area contributed by atoms with Gasteiger partial charge in [0, 0.05) is 12.0 Å². The molecule has 1 aromatic rings. The van der Waals surface area contributed by atoms with Gasteiger partial charge in [-0.1, -0.05) is 25.1 Å². The topological polar surface area (TPSA) is 46.2 Å². The monoisotopic (exact) mass is 233 g/mol. The lowest BCUT2D eigenvalue weighted by Crippen LogP contribution is -2.49. The normalized spacial score (nSPS) is 11.1. The van der Waals surface area contributed by atoms with E-state index in [9.17, 15) is 9.59 Å². The number of amides is 1. The zero-order valence-electron chi connectivity index (χ0n) is 10.8. The Kier molecular flexibility index (Phi) is 4.05. The van der Waals surface area contributed by atoms with Crippen LogP contribution in [0.3, 0.4) is 0 Å². The number of carbonyl (C=O) groups is 2. The summed E-state index contributed by atoms with van der Waals surface area (Å²) in [7, 11) is 0. The van der Waals surface area contributed by atoms with Crippen LogP contribution >= 0.6 is 0 Å². The van der Waals surface area contributed by atoms with Gasteiger partial charge in [-0.2, -0.15) is 0 Å². The molecule has 17 heavy (non-hydrogen) atoms. The van der Waals surface area contributed by atoms with Crippen LogP contribution < -0.4 is 5.32 Å². The second-order valence-electron chi connectivity index (χ2n) is 4.67. The molecule has 0 bridgehead atoms. The fourth-order valence-corrected chi connectivity index (χ4v) is 1.69. The molecule has 1 N–H and O–H groups in total. The molecule has 0 aliphatic carbocycles. The molecule has 0 atom stereocenters. The molecule has 0 aliphatic rings. The minimum absolute atomic E-state index is 0.0273. The van der Waals surface area contributed by atoms with Crippen LogP contribution in [0.4, 0.5) is 0 Å². The Morgan fingerprint density at radius 1 is 1.24 bits per heavy atom. The van der Waals surface area contributed by atoms with E-state index in [2.05, 4.69) is 5.32 Å². The highest BCUT2D eigenvalue weighted by Gasteiger charge is 2.28. The number of aryl methyl sites for hydroxylation is 1. The fraction of sp³-hybridized carbons (Fsp3) is 0.429. The van der Waals surface area contributed by atoms with Crippen molar-refractivity contribution >= 4 is 11.7 Å². The predicted octanol–water partition coefficient (Wildman–Crippen LogP) is 2.48. The summed E-state index contributed by atoms with van der Waals surface area (Å²) in [5.74, 6) is -0.172. The lowest BCUT2D eigenvalue weighted by Gasteiger charge is -2.24. The van der Waals surface area contributed by atoms with Crippen molar-refractivity contribution in [2.75, 3.05) is 0 Å². The molecule has 92 valence electrons. The van der Waals surface area contributed by atoms with Crippen LogP contribution in [0.1, 0.15) is 43.1 Å². The third-order valence-corrected chi connectivity index (χ3v) is 2.83. The Labute approximate surface area is 102 Å². The smallest absolute Gasteiger partial charge is 0.252 e. The highest BCUT2D eigenvalue weighted by molar-refractivity contribution is 6.00. The van der Waals surface area contributed by atoms with Gasteiger partial charge in [-0.15, -0.1) is 0 Å². The SMILES string of the molecule is CCC(=O)C(C)(C)NC(=O)c1ccccc1C. The quantitative estimate of drug-likeness (QED) is 0.868. The maximum absolute atomic E-state index is 12.0. The summed E-state index contributed by atoms with van der Waals surface area (Å²) >= 11 is 0. The summed E-state index contributed by atoms with van der Waals surface area (Å²) in [6.07, 6.45) is 0.418. The molecule has 0 aromatic heterocycles. The number of ketones is 1. The van der Waals surface area contributed by atoms with Crippen LogP contribution in [0.25, 0.3) is 0 Å². The van der Waals surface area contributed by atoms with Crippen LogP contribution in [0.15, 0.2) is 24.3 Å². The summed E-state index contributed by atoms with van der Waals surface area (Å²) in [5, 5.41) is 2.78. The minimum Gasteiger partial charge on any atom is -0.340 e. The van der Waals surface area contributed by atoms with Gasteiger partial charge in [-0.25, -0.2) is 0 Å². The summed E-state index contributed by atoms with van der Waals surface area (Å²) in [4.78, 5) is 23.7. The van der Waals surface area contributed by atoms with Gasteiger partial charge in [0.2, 0.25) is 0 Å². The predicted molar refractivity (Wildman–Crippen MR) is 68.0 cm³/mol. The third kappa shape index (κ3) is 3.16. The number of rotatable bonds is 4. The molecule has 1 amide bonds. The van der Waals surface area contributed by atoms with E-state index in [0.29, 0.717) is 12.0 Å². The molecule has 0 heterocycles. The van der Waals surface area contributed by atoms with Gasteiger partial charge in [0.25, 0.3) is 5.91 Å². The van der Waals surface area contributed by atoms with Gasteiger partial charge < -0.3 is 5.32 Å². The second kappa shape index (κ2) is 5.13. The van der Waals surface area contributed by atoms with E-state index in [1.807, 2.05) is 25.1 Å². The van der Waals surface area contributed by atoms with E-state index >= 15 is 0 Å². The molecule has 0 radical (unpaired) electrons. The number of carbonyl (C=O) groups excluding carboxylic acids is 2. The molecule has 1 rings (SSSR count). The molecule has 0 aliphatic heterocycles. The average Bonchev–Trinajstić information content (AvgIpc) is 2.27. The van der Waals surface area contributed by atoms with E-state index in [1.54, 1.807) is 26.8 Å².